The molecule has 6 aromatic rings. The summed E-state index contributed by atoms with van der Waals surface area (Å²) >= 11 is 0.669. The number of benzene rings is 3. The molecular weight excluding hydrogens is 795 g/mol. The lowest BCUT2D eigenvalue weighted by Crippen LogP contribution is -2.43. The summed E-state index contributed by atoms with van der Waals surface area (Å²) in [6.07, 6.45) is -2.27. The molecule has 6 heterocycles. The Labute approximate surface area is 338 Å². The molecular formula is C42H36F6N8O2S. The molecule has 3 aliphatic rings. The molecule has 2 saturated heterocycles. The molecule has 9 rings (SSSR count). The van der Waals surface area contributed by atoms with E-state index in [-0.39, 0.29) is 76.4 Å². The standard InChI is InChI=1S/C42H36F6N8O2S/c43-23-18-41(13-5-15-55(41)20-23)21-58-40-53-34-31-35(32(42(46,47)48)30(33(34)45)25-10-11-27(44)36-29(25)26(19-49)38(51)59-36)57-17-16-56(39(31)54-40)28(24-8-4-14-52-37(24)50)12-9-22-6-2-1-3-7-22/h1-4,6-8,10-11,14,23,28H,5,9,12-13,15-18,20-21,51H2,(H2,50,52)/t23-,28-,41+/m1/s1. The van der Waals surface area contributed by atoms with Crippen molar-refractivity contribution in [3.8, 4) is 29.0 Å². The number of rotatable bonds is 9. The SMILES string of the molecule is N#Cc1c(N)sc2c(F)ccc(-c3c(C(F)(F)F)c4c5c(nc(OC[C@@]67CCCN6C[C@H](F)C7)nc5c3F)N([C@H](CCc3ccccc3)c3cccnc3N)CCO4)c12. The maximum Gasteiger partial charge on any atom is 0.420 e. The van der Waals surface area contributed by atoms with E-state index in [9.17, 15) is 9.65 Å². The van der Waals surface area contributed by atoms with Crippen LogP contribution in [0.25, 0.3) is 32.1 Å². The van der Waals surface area contributed by atoms with Crippen molar-refractivity contribution in [3.05, 3.63) is 94.7 Å². The number of aromatic nitrogens is 3. The van der Waals surface area contributed by atoms with Gasteiger partial charge in [-0.25, -0.2) is 18.2 Å². The van der Waals surface area contributed by atoms with Crippen LogP contribution in [-0.4, -0.2) is 64.4 Å². The molecule has 0 bridgehead atoms. The number of hydrogen-bond acceptors (Lipinski definition) is 11. The van der Waals surface area contributed by atoms with E-state index in [4.69, 9.17) is 25.9 Å². The first kappa shape index (κ1) is 38.6. The fourth-order valence-electron chi connectivity index (χ4n) is 9.15. The van der Waals surface area contributed by atoms with E-state index in [2.05, 4.69) is 9.97 Å². The highest BCUT2D eigenvalue weighted by molar-refractivity contribution is 7.23. The Bertz CT molecular complexity index is 2660. The summed E-state index contributed by atoms with van der Waals surface area (Å²) in [5.41, 5.74) is 9.63. The third-order valence-corrected chi connectivity index (χ3v) is 12.7. The number of nitrogen functional groups attached to an aromatic ring is 2. The minimum Gasteiger partial charge on any atom is -0.490 e. The normalized spacial score (nSPS) is 19.7. The Morgan fingerprint density at radius 1 is 1.05 bits per heavy atom. The lowest BCUT2D eigenvalue weighted by Gasteiger charge is -2.34. The summed E-state index contributed by atoms with van der Waals surface area (Å²) in [4.78, 5) is 17.2. The number of anilines is 3. The molecule has 0 saturated carbocycles. The fourth-order valence-corrected chi connectivity index (χ4v) is 10.1. The Kier molecular flexibility index (Phi) is 9.66. The van der Waals surface area contributed by atoms with Gasteiger partial charge in [0.25, 0.3) is 0 Å². The second kappa shape index (κ2) is 14.8. The number of fused-ring (bicyclic) bond motifs is 2. The maximum absolute atomic E-state index is 17.7. The molecule has 304 valence electrons. The molecule has 0 radical (unpaired) electrons. The number of nitrogens with zero attached hydrogens (tertiary/aromatic N) is 6. The van der Waals surface area contributed by atoms with Crippen molar-refractivity contribution < 1.29 is 35.8 Å². The molecule has 4 N–H and O–H groups in total. The number of alkyl halides is 4. The van der Waals surface area contributed by atoms with Gasteiger partial charge in [0.2, 0.25) is 0 Å². The Morgan fingerprint density at radius 3 is 2.63 bits per heavy atom. The number of ether oxygens (including phenoxy) is 2. The van der Waals surface area contributed by atoms with Crippen molar-refractivity contribution in [2.75, 3.05) is 49.2 Å². The van der Waals surface area contributed by atoms with Gasteiger partial charge in [-0.1, -0.05) is 42.5 Å². The van der Waals surface area contributed by atoms with E-state index in [1.807, 2.05) is 41.3 Å². The van der Waals surface area contributed by atoms with Crippen molar-refractivity contribution >= 4 is 49.0 Å². The Morgan fingerprint density at radius 2 is 1.86 bits per heavy atom. The third-order valence-electron chi connectivity index (χ3n) is 11.7. The quantitative estimate of drug-likeness (QED) is 0.136. The fraction of sp³-hybridized carbons (Fsp3) is 0.333. The molecule has 0 aliphatic carbocycles. The van der Waals surface area contributed by atoms with Crippen LogP contribution in [0.3, 0.4) is 0 Å². The van der Waals surface area contributed by atoms with Crippen LogP contribution in [0, 0.1) is 23.0 Å². The molecule has 0 amide bonds. The van der Waals surface area contributed by atoms with E-state index in [1.165, 1.54) is 6.20 Å². The summed E-state index contributed by atoms with van der Waals surface area (Å²) in [7, 11) is 0. The van der Waals surface area contributed by atoms with Crippen LogP contribution in [0.5, 0.6) is 11.8 Å². The van der Waals surface area contributed by atoms with E-state index >= 15 is 22.0 Å². The topological polar surface area (TPSA) is 139 Å². The molecule has 2 fully saturated rings. The lowest BCUT2D eigenvalue weighted by molar-refractivity contribution is -0.138. The van der Waals surface area contributed by atoms with Gasteiger partial charge in [0.05, 0.1) is 33.8 Å². The highest BCUT2D eigenvalue weighted by Gasteiger charge is 2.50. The van der Waals surface area contributed by atoms with Gasteiger partial charge in [-0.15, -0.1) is 11.3 Å². The van der Waals surface area contributed by atoms with E-state index in [1.54, 1.807) is 17.0 Å². The number of hydrogen-bond donors (Lipinski definition) is 2. The number of halogens is 6. The van der Waals surface area contributed by atoms with Gasteiger partial charge in [0, 0.05) is 35.7 Å². The van der Waals surface area contributed by atoms with Crippen LogP contribution in [0.15, 0.2) is 60.8 Å². The van der Waals surface area contributed by atoms with Gasteiger partial charge in [-0.2, -0.15) is 28.4 Å². The second-order valence-corrected chi connectivity index (χ2v) is 16.2. The zero-order valence-corrected chi connectivity index (χ0v) is 32.1. The first-order valence-electron chi connectivity index (χ1n) is 19.1. The van der Waals surface area contributed by atoms with Crippen LogP contribution in [0.2, 0.25) is 0 Å². The minimum atomic E-state index is -5.26. The molecule has 59 heavy (non-hydrogen) atoms. The van der Waals surface area contributed by atoms with Gasteiger partial charge >= 0.3 is 12.2 Å². The molecule has 0 unspecified atom stereocenters. The summed E-state index contributed by atoms with van der Waals surface area (Å²) in [6.45, 7) is 0.493. The summed E-state index contributed by atoms with van der Waals surface area (Å²) in [5, 5.41) is 9.24. The van der Waals surface area contributed by atoms with Gasteiger partial charge in [-0.3, -0.25) is 4.90 Å². The molecule has 3 aromatic carbocycles. The highest BCUT2D eigenvalue weighted by atomic mass is 32.1. The second-order valence-electron chi connectivity index (χ2n) is 15.1. The molecule has 3 atom stereocenters. The first-order valence-corrected chi connectivity index (χ1v) is 19.9. The van der Waals surface area contributed by atoms with Crippen molar-refractivity contribution in [1.29, 1.82) is 5.26 Å². The molecule has 3 aliphatic heterocycles. The minimum absolute atomic E-state index is 0.0377. The van der Waals surface area contributed by atoms with E-state index in [0.717, 1.165) is 24.1 Å². The maximum atomic E-state index is 17.7. The van der Waals surface area contributed by atoms with Gasteiger partial charge in [0.15, 0.2) is 5.82 Å². The van der Waals surface area contributed by atoms with Crippen LogP contribution in [0.1, 0.15) is 54.0 Å². The van der Waals surface area contributed by atoms with E-state index < -0.39 is 63.5 Å². The monoisotopic (exact) mass is 830 g/mol. The molecule has 3 aromatic heterocycles. The van der Waals surface area contributed by atoms with Crippen LogP contribution >= 0.6 is 11.3 Å². The third kappa shape index (κ3) is 6.58. The molecule has 17 heteroatoms. The van der Waals surface area contributed by atoms with Gasteiger partial charge < -0.3 is 25.8 Å². The Balaban J connectivity index is 1.31. The van der Waals surface area contributed by atoms with Crippen LogP contribution in [-0.2, 0) is 12.6 Å². The van der Waals surface area contributed by atoms with Crippen LogP contribution in [0.4, 0.5) is 43.0 Å². The highest BCUT2D eigenvalue weighted by Crippen LogP contribution is 2.54. The predicted molar refractivity (Wildman–Crippen MR) is 212 cm³/mol. The van der Waals surface area contributed by atoms with Crippen molar-refractivity contribution in [1.82, 2.24) is 19.9 Å². The number of nitriles is 1. The first-order chi connectivity index (χ1) is 28.4. The molecule has 10 nitrogen and oxygen atoms in total. The number of pyridine rings is 1. The smallest absolute Gasteiger partial charge is 0.420 e. The summed E-state index contributed by atoms with van der Waals surface area (Å²) in [6, 6.07) is 15.8. The number of aryl methyl sites for hydroxylation is 1. The zero-order chi connectivity index (χ0) is 41.2. The average molecular weight is 831 g/mol. The predicted octanol–water partition coefficient (Wildman–Crippen LogP) is 8.77. The van der Waals surface area contributed by atoms with Crippen molar-refractivity contribution in [2.24, 2.45) is 0 Å². The molecule has 0 spiro atoms. The van der Waals surface area contributed by atoms with E-state index in [0.29, 0.717) is 42.7 Å². The Hall–Kier alpha value is -5.86. The average Bonchev–Trinajstić information content (AvgIpc) is 3.82. The summed E-state index contributed by atoms with van der Waals surface area (Å²) < 4.78 is 107. The van der Waals surface area contributed by atoms with Crippen molar-refractivity contribution in [2.45, 2.75) is 56.0 Å². The number of thiophene rings is 1. The van der Waals surface area contributed by atoms with Gasteiger partial charge in [-0.05, 0) is 55.5 Å². The zero-order valence-electron chi connectivity index (χ0n) is 31.3. The largest absolute Gasteiger partial charge is 0.490 e. The lowest BCUT2D eigenvalue weighted by atomic mass is 9.91. The van der Waals surface area contributed by atoms with Crippen LogP contribution < -0.4 is 25.8 Å². The summed E-state index contributed by atoms with van der Waals surface area (Å²) in [5.74, 6) is -2.94. The van der Waals surface area contributed by atoms with Crippen molar-refractivity contribution in [3.63, 3.8) is 0 Å². The van der Waals surface area contributed by atoms with Gasteiger partial charge in [0.1, 0.15) is 64.7 Å². The number of nitrogens with two attached hydrogens (primary N) is 2.